The minimum atomic E-state index is -4.60. The lowest BCUT2D eigenvalue weighted by Crippen LogP contribution is -2.41. The second-order valence-electron chi connectivity index (χ2n) is 9.96. The van der Waals surface area contributed by atoms with E-state index in [-0.39, 0.29) is 52.4 Å². The summed E-state index contributed by atoms with van der Waals surface area (Å²) in [5, 5.41) is 0. The van der Waals surface area contributed by atoms with E-state index in [1.165, 1.54) is 0 Å². The molecule has 0 spiro atoms. The Morgan fingerprint density at radius 2 is 1.54 bits per heavy atom. The van der Waals surface area contributed by atoms with Crippen molar-refractivity contribution in [2.45, 2.75) is 51.1 Å². The van der Waals surface area contributed by atoms with Gasteiger partial charge in [-0.15, -0.1) is 0 Å². The van der Waals surface area contributed by atoms with Crippen LogP contribution in [0.5, 0.6) is 11.5 Å². The van der Waals surface area contributed by atoms with Crippen LogP contribution in [0.15, 0.2) is 36.4 Å². The number of rotatable bonds is 5. The highest BCUT2D eigenvalue weighted by molar-refractivity contribution is 6.16. The molecule has 4 aliphatic carbocycles. The van der Waals surface area contributed by atoms with Gasteiger partial charge in [-0.05, 0) is 79.3 Å². The summed E-state index contributed by atoms with van der Waals surface area (Å²) < 4.78 is 45.6. The Labute approximate surface area is 201 Å². The van der Waals surface area contributed by atoms with Gasteiger partial charge in [-0.3, -0.25) is 9.59 Å². The van der Waals surface area contributed by atoms with Gasteiger partial charge in [-0.2, -0.15) is 13.2 Å². The highest BCUT2D eigenvalue weighted by Crippen LogP contribution is 2.56. The van der Waals surface area contributed by atoms with Crippen LogP contribution in [0.4, 0.5) is 18.9 Å². The van der Waals surface area contributed by atoms with Crippen LogP contribution >= 0.6 is 0 Å². The molecule has 0 heterocycles. The molecule has 0 aromatic heterocycles. The fraction of sp³-hybridized carbons (Fsp3) is 0.481. The summed E-state index contributed by atoms with van der Waals surface area (Å²) in [6, 6.07) is 7.78. The normalized spacial score (nSPS) is 27.7. The molecule has 2 aromatic rings. The average Bonchev–Trinajstić information content (AvgIpc) is 3.11. The number of halogens is 3. The highest BCUT2D eigenvalue weighted by Gasteiger charge is 2.59. The first-order valence-electron chi connectivity index (χ1n) is 12.1. The zero-order chi connectivity index (χ0) is 25.1. The average molecular weight is 487 g/mol. The van der Waals surface area contributed by atoms with Crippen molar-refractivity contribution in [3.63, 3.8) is 0 Å². The van der Waals surface area contributed by atoms with Crippen LogP contribution < -0.4 is 4.74 Å². The Morgan fingerprint density at radius 3 is 2.06 bits per heavy atom. The molecule has 2 aromatic carbocycles. The van der Waals surface area contributed by atoms with E-state index >= 15 is 0 Å². The van der Waals surface area contributed by atoms with Crippen molar-refractivity contribution in [1.29, 1.82) is 0 Å². The van der Waals surface area contributed by atoms with E-state index in [0.29, 0.717) is 16.7 Å². The van der Waals surface area contributed by atoms with Crippen LogP contribution in [-0.4, -0.2) is 23.4 Å². The van der Waals surface area contributed by atoms with Gasteiger partial charge in [0.2, 0.25) is 5.75 Å². The minimum Gasteiger partial charge on any atom is -0.450 e. The Kier molecular flexibility index (Phi) is 5.80. The summed E-state index contributed by atoms with van der Waals surface area (Å²) in [5.41, 5.74) is 0.252. The highest BCUT2D eigenvalue weighted by atomic mass is 19.4. The van der Waals surface area contributed by atoms with Crippen molar-refractivity contribution in [1.82, 2.24) is 0 Å². The first kappa shape index (κ1) is 23.7. The van der Waals surface area contributed by atoms with Crippen molar-refractivity contribution in [3.05, 3.63) is 58.0 Å². The number of ether oxygens (including phenoxy) is 1. The molecule has 2 atom stereocenters. The van der Waals surface area contributed by atoms with Crippen LogP contribution in [0.1, 0.15) is 55.2 Å². The summed E-state index contributed by atoms with van der Waals surface area (Å²) in [4.78, 5) is 39.1. The van der Waals surface area contributed by atoms with E-state index in [4.69, 9.17) is 4.74 Å². The van der Waals surface area contributed by atoms with E-state index in [1.54, 1.807) is 18.2 Å². The second-order valence-corrected chi connectivity index (χ2v) is 9.96. The number of ketones is 2. The molecular formula is C27H27F3NO4+. The molecular weight excluding hydrogens is 459 g/mol. The molecule has 0 radical (unpaired) electrons. The minimum absolute atomic E-state index is 0.00393. The quantitative estimate of drug-likeness (QED) is 0.363. The first-order chi connectivity index (χ1) is 16.6. The molecule has 2 unspecified atom stereocenters. The largest absolute Gasteiger partial charge is 0.450 e. The van der Waals surface area contributed by atoms with Crippen molar-refractivity contribution in [2.24, 2.45) is 23.7 Å². The number of Topliss-reactive ketones (excluding diaryl/α,β-unsaturated/α-hetero) is 2. The number of nitroso groups, excluding NO2 is 1. The van der Waals surface area contributed by atoms with E-state index in [9.17, 15) is 27.7 Å². The third-order valence-electron chi connectivity index (χ3n) is 8.11. The molecule has 2 bridgehead atoms. The van der Waals surface area contributed by atoms with Crippen LogP contribution in [0.3, 0.4) is 0 Å². The predicted molar refractivity (Wildman–Crippen MR) is 122 cm³/mol. The van der Waals surface area contributed by atoms with Crippen LogP contribution in [0, 0.1) is 28.6 Å². The molecule has 0 amide bonds. The van der Waals surface area contributed by atoms with Gasteiger partial charge < -0.3 is 4.74 Å². The van der Waals surface area contributed by atoms with Crippen molar-refractivity contribution in [2.75, 3.05) is 7.05 Å². The van der Waals surface area contributed by atoms with Gasteiger partial charge in [0.05, 0.1) is 5.56 Å². The first-order valence-corrected chi connectivity index (χ1v) is 12.1. The molecule has 0 aliphatic heterocycles. The van der Waals surface area contributed by atoms with E-state index in [0.717, 1.165) is 56.5 Å². The van der Waals surface area contributed by atoms with Gasteiger partial charge in [-0.1, -0.05) is 13.0 Å². The van der Waals surface area contributed by atoms with E-state index in [1.807, 2.05) is 6.92 Å². The summed E-state index contributed by atoms with van der Waals surface area (Å²) >= 11 is 0. The maximum absolute atomic E-state index is 13.5. The summed E-state index contributed by atoms with van der Waals surface area (Å²) in [5.74, 6) is -0.475. The standard InChI is InChI=1S/C27H27F3NO4/c1-3-14-8-10-18(35-21-11-9-17(27(28,29)30)12-20(21)31(2)34)13-19(14)24-25(32)22-15-4-5-16(7-6-15)23(22)26(24)33/h8-13,15-16,22-24H,3-7H2,1-2H3/q+1. The van der Waals surface area contributed by atoms with Crippen molar-refractivity contribution >= 4 is 17.3 Å². The third kappa shape index (κ3) is 3.96. The number of nitrogens with zero attached hydrogens (tertiary/aromatic N) is 1. The summed E-state index contributed by atoms with van der Waals surface area (Å²) in [7, 11) is 1.10. The molecule has 4 saturated carbocycles. The SMILES string of the molecule is CCc1ccc(Oc2ccc(C(F)(F)F)cc2[N+](C)=O)cc1C1C(=O)C2C3CCC(CC3)C2C1=O. The Morgan fingerprint density at radius 1 is 0.943 bits per heavy atom. The zero-order valence-electron chi connectivity index (χ0n) is 19.6. The van der Waals surface area contributed by atoms with Crippen LogP contribution in [0.2, 0.25) is 0 Å². The second kappa shape index (κ2) is 8.57. The van der Waals surface area contributed by atoms with Gasteiger partial charge in [0, 0.05) is 27.6 Å². The molecule has 0 N–H and O–H groups in total. The Hall–Kier alpha value is -3.03. The lowest BCUT2D eigenvalue weighted by Gasteiger charge is -2.43. The smallest absolute Gasteiger partial charge is 0.416 e. The maximum atomic E-state index is 13.5. The number of hydrogen-bond donors (Lipinski definition) is 0. The number of benzene rings is 2. The van der Waals surface area contributed by atoms with Crippen LogP contribution in [-0.2, 0) is 22.2 Å². The molecule has 5 nitrogen and oxygen atoms in total. The van der Waals surface area contributed by atoms with Gasteiger partial charge in [0.15, 0.2) is 18.6 Å². The number of carbonyl (C=O) groups is 2. The monoisotopic (exact) mass is 486 g/mol. The molecule has 4 fully saturated rings. The molecule has 35 heavy (non-hydrogen) atoms. The number of fused-ring (bicyclic) bond motifs is 2. The lowest BCUT2D eigenvalue weighted by molar-refractivity contribution is -0.429. The summed E-state index contributed by atoms with van der Waals surface area (Å²) in [6.07, 6.45) is 0.0192. The zero-order valence-corrected chi connectivity index (χ0v) is 19.6. The maximum Gasteiger partial charge on any atom is 0.416 e. The predicted octanol–water partition coefficient (Wildman–Crippen LogP) is 6.39. The van der Waals surface area contributed by atoms with Gasteiger partial charge >= 0.3 is 6.18 Å². The summed E-state index contributed by atoms with van der Waals surface area (Å²) in [6.45, 7) is 1.94. The van der Waals surface area contributed by atoms with Crippen molar-refractivity contribution in [3.8, 4) is 11.5 Å². The fourth-order valence-electron chi connectivity index (χ4n) is 6.48. The van der Waals surface area contributed by atoms with Gasteiger partial charge in [0.1, 0.15) is 11.7 Å². The molecule has 0 saturated heterocycles. The number of carbonyl (C=O) groups excluding carboxylic acids is 2. The topological polar surface area (TPSA) is 63.5 Å². The molecule has 4 aliphatic rings. The van der Waals surface area contributed by atoms with Gasteiger partial charge in [0.25, 0.3) is 5.69 Å². The number of alkyl halides is 3. The fourth-order valence-corrected chi connectivity index (χ4v) is 6.48. The molecule has 6 rings (SSSR count). The number of hydrogen-bond acceptors (Lipinski definition) is 4. The Balaban J connectivity index is 1.51. The molecule has 8 heteroatoms. The molecule has 184 valence electrons. The van der Waals surface area contributed by atoms with Crippen LogP contribution in [0.25, 0.3) is 0 Å². The lowest BCUT2D eigenvalue weighted by atomic mass is 9.59. The van der Waals surface area contributed by atoms with Crippen molar-refractivity contribution < 1.29 is 32.3 Å². The van der Waals surface area contributed by atoms with Gasteiger partial charge in [-0.25, -0.2) is 0 Å². The third-order valence-corrected chi connectivity index (χ3v) is 8.11. The van der Waals surface area contributed by atoms with E-state index < -0.39 is 17.7 Å². The van der Waals surface area contributed by atoms with E-state index in [2.05, 4.69) is 0 Å². The number of aryl methyl sites for hydroxylation is 1. The Bertz CT molecular complexity index is 1180.